The predicted molar refractivity (Wildman–Crippen MR) is 325 cm³/mol. The zero-order valence-corrected chi connectivity index (χ0v) is 51.1. The van der Waals surface area contributed by atoms with Gasteiger partial charge in [-0.25, -0.2) is 0 Å². The number of allylic oxidation sites excluding steroid dienone is 10. The lowest BCUT2D eigenvalue weighted by Crippen LogP contribution is -2.46. The van der Waals surface area contributed by atoms with Crippen molar-refractivity contribution in [2.75, 3.05) is 40.9 Å². The number of rotatable bonds is 59. The lowest BCUT2D eigenvalue weighted by atomic mass is 10.0. The van der Waals surface area contributed by atoms with E-state index in [2.05, 4.69) is 79.9 Å². The first-order valence-corrected chi connectivity index (χ1v) is 33.6. The molecule has 440 valence electrons. The van der Waals surface area contributed by atoms with Gasteiger partial charge in [-0.1, -0.05) is 299 Å². The monoisotopic (exact) mass is 1070 g/mol. The van der Waals surface area contributed by atoms with Crippen molar-refractivity contribution in [1.82, 2.24) is 5.32 Å². The smallest absolute Gasteiger partial charge is 0.268 e. The van der Waals surface area contributed by atoms with Crippen molar-refractivity contribution in [1.29, 1.82) is 0 Å². The number of unbranched alkanes of at least 4 members (excludes halogenated alkanes) is 36. The van der Waals surface area contributed by atoms with Gasteiger partial charge in [0.25, 0.3) is 7.82 Å². The molecule has 1 amide bonds. The fourth-order valence-corrected chi connectivity index (χ4v) is 10.3. The molecule has 0 aliphatic rings. The molecule has 3 unspecified atom stereocenters. The van der Waals surface area contributed by atoms with Crippen LogP contribution in [0.3, 0.4) is 0 Å². The van der Waals surface area contributed by atoms with Gasteiger partial charge in [0.05, 0.1) is 39.9 Å². The number of phosphoric acid groups is 1. The van der Waals surface area contributed by atoms with E-state index in [-0.39, 0.29) is 19.1 Å². The Morgan fingerprint density at radius 1 is 0.480 bits per heavy atom. The van der Waals surface area contributed by atoms with E-state index in [0.29, 0.717) is 23.9 Å². The van der Waals surface area contributed by atoms with Crippen LogP contribution in [0.2, 0.25) is 0 Å². The van der Waals surface area contributed by atoms with Crippen molar-refractivity contribution >= 4 is 13.7 Å². The molecule has 0 aliphatic carbocycles. The van der Waals surface area contributed by atoms with E-state index in [9.17, 15) is 19.4 Å². The van der Waals surface area contributed by atoms with Crippen molar-refractivity contribution in [2.45, 2.75) is 315 Å². The first-order chi connectivity index (χ1) is 36.5. The summed E-state index contributed by atoms with van der Waals surface area (Å²) < 4.78 is 23.5. The third kappa shape index (κ3) is 59.7. The summed E-state index contributed by atoms with van der Waals surface area (Å²) in [5.74, 6) is -0.174. The van der Waals surface area contributed by atoms with Crippen molar-refractivity contribution in [3.8, 4) is 0 Å². The molecule has 8 nitrogen and oxygen atoms in total. The van der Waals surface area contributed by atoms with Gasteiger partial charge in [-0.15, -0.1) is 0 Å². The molecular weight excluding hydrogens is 948 g/mol. The van der Waals surface area contributed by atoms with E-state index in [1.165, 1.54) is 193 Å². The van der Waals surface area contributed by atoms with Crippen LogP contribution in [0.1, 0.15) is 303 Å². The average molecular weight is 1070 g/mol. The van der Waals surface area contributed by atoms with E-state index in [1.807, 2.05) is 21.1 Å². The molecule has 0 saturated heterocycles. The number of hydrogen-bond acceptors (Lipinski definition) is 6. The van der Waals surface area contributed by atoms with E-state index in [1.54, 1.807) is 0 Å². The van der Waals surface area contributed by atoms with Gasteiger partial charge in [-0.2, -0.15) is 0 Å². The fraction of sp³-hybridized carbons (Fsp3) is 0.833. The summed E-state index contributed by atoms with van der Waals surface area (Å²) in [7, 11) is 1.30. The number of carbonyl (C=O) groups excluding carboxylic acids is 1. The maximum atomic E-state index is 13.0. The van der Waals surface area contributed by atoms with Gasteiger partial charge in [-0.3, -0.25) is 9.36 Å². The molecule has 0 bridgehead atoms. The lowest BCUT2D eigenvalue weighted by Gasteiger charge is -2.30. The van der Waals surface area contributed by atoms with Gasteiger partial charge in [-0.05, 0) is 57.8 Å². The molecule has 0 fully saturated rings. The summed E-state index contributed by atoms with van der Waals surface area (Å²) in [6.45, 7) is 4.63. The summed E-state index contributed by atoms with van der Waals surface area (Å²) in [5.41, 5.74) is 0. The SMILES string of the molecule is CC/C=C\C/C=C\C/C=C\C/C=C\C/C=C\CCCCCCCCCC(=O)NC(COP(=O)([O-])OCC[N+](C)(C)C)C(O)CCCCCCCCCCCCCCCCCCCCCCCCCCCCCCCC. The van der Waals surface area contributed by atoms with E-state index < -0.39 is 20.0 Å². The van der Waals surface area contributed by atoms with Gasteiger partial charge in [0.15, 0.2) is 0 Å². The molecule has 75 heavy (non-hydrogen) atoms. The topological polar surface area (TPSA) is 108 Å². The fourth-order valence-electron chi connectivity index (χ4n) is 9.54. The van der Waals surface area contributed by atoms with Crippen LogP contribution in [-0.2, 0) is 18.4 Å². The second kappa shape index (κ2) is 56.9. The Morgan fingerprint density at radius 3 is 1.19 bits per heavy atom. The first-order valence-electron chi connectivity index (χ1n) is 32.1. The Bertz CT molecular complexity index is 1400. The number of carbonyl (C=O) groups is 1. The van der Waals surface area contributed by atoms with Crippen LogP contribution in [0.15, 0.2) is 60.8 Å². The first kappa shape index (κ1) is 73.2. The second-order valence-electron chi connectivity index (χ2n) is 23.1. The van der Waals surface area contributed by atoms with Crippen molar-refractivity contribution < 1.29 is 32.9 Å². The van der Waals surface area contributed by atoms with Crippen molar-refractivity contribution in [3.05, 3.63) is 60.8 Å². The number of hydrogen-bond donors (Lipinski definition) is 2. The number of aliphatic hydroxyl groups is 1. The Hall–Kier alpha value is -1.80. The molecule has 0 spiro atoms. The van der Waals surface area contributed by atoms with Crippen LogP contribution in [-0.4, -0.2) is 68.5 Å². The highest BCUT2D eigenvalue weighted by atomic mass is 31.2. The molecule has 0 aromatic rings. The Kier molecular flexibility index (Phi) is 55.5. The highest BCUT2D eigenvalue weighted by molar-refractivity contribution is 7.45. The van der Waals surface area contributed by atoms with Crippen LogP contribution >= 0.6 is 7.82 Å². The number of nitrogens with zero attached hydrogens (tertiary/aromatic N) is 1. The van der Waals surface area contributed by atoms with Crippen LogP contribution in [0.25, 0.3) is 0 Å². The normalized spacial score (nSPS) is 14.2. The minimum Gasteiger partial charge on any atom is -0.756 e. The minimum absolute atomic E-state index is 0.00776. The molecule has 9 heteroatoms. The van der Waals surface area contributed by atoms with Gasteiger partial charge in [0, 0.05) is 6.42 Å². The summed E-state index contributed by atoms with van der Waals surface area (Å²) in [6, 6.07) is -0.812. The molecule has 0 radical (unpaired) electrons. The molecular formula is C66H125N2O6P. The summed E-state index contributed by atoms with van der Waals surface area (Å²) in [4.78, 5) is 25.6. The molecule has 2 N–H and O–H groups in total. The largest absolute Gasteiger partial charge is 0.756 e. The van der Waals surface area contributed by atoms with Gasteiger partial charge in [0.2, 0.25) is 5.91 Å². The van der Waals surface area contributed by atoms with E-state index >= 15 is 0 Å². The van der Waals surface area contributed by atoms with E-state index in [4.69, 9.17) is 9.05 Å². The summed E-state index contributed by atoms with van der Waals surface area (Å²) in [5, 5.41) is 14.1. The number of nitrogens with one attached hydrogen (secondary N) is 1. The number of likely N-dealkylation sites (N-methyl/N-ethyl adjacent to an activating group) is 1. The molecule has 0 heterocycles. The maximum Gasteiger partial charge on any atom is 0.268 e. The summed E-state index contributed by atoms with van der Waals surface area (Å²) >= 11 is 0. The minimum atomic E-state index is -4.58. The number of quaternary nitrogens is 1. The Morgan fingerprint density at radius 2 is 0.813 bits per heavy atom. The second-order valence-corrected chi connectivity index (χ2v) is 24.5. The van der Waals surface area contributed by atoms with Gasteiger partial charge >= 0.3 is 0 Å². The highest BCUT2D eigenvalue weighted by Crippen LogP contribution is 2.38. The van der Waals surface area contributed by atoms with Gasteiger partial charge in [0.1, 0.15) is 13.2 Å². The number of phosphoric ester groups is 1. The summed E-state index contributed by atoms with van der Waals surface area (Å²) in [6.07, 6.45) is 77.0. The van der Waals surface area contributed by atoms with E-state index in [0.717, 1.165) is 83.5 Å². The molecule has 0 aromatic heterocycles. The van der Waals surface area contributed by atoms with Crippen LogP contribution < -0.4 is 10.2 Å². The van der Waals surface area contributed by atoms with Crippen LogP contribution in [0.4, 0.5) is 0 Å². The maximum absolute atomic E-state index is 13.0. The van der Waals surface area contributed by atoms with Crippen molar-refractivity contribution in [2.24, 2.45) is 0 Å². The highest BCUT2D eigenvalue weighted by Gasteiger charge is 2.24. The molecule has 0 rings (SSSR count). The quantitative estimate of drug-likeness (QED) is 0.0272. The van der Waals surface area contributed by atoms with Crippen LogP contribution in [0, 0.1) is 0 Å². The molecule has 3 atom stereocenters. The average Bonchev–Trinajstić information content (AvgIpc) is 3.37. The standard InChI is InChI=1S/C66H125N2O6P/c1-6-8-10-12-14-16-18-20-22-24-26-28-30-31-32-33-34-35-36-38-39-41-43-45-47-49-51-53-55-57-59-65(69)64(63-74-75(71,72)73-62-61-68(3,4)5)67-66(70)60-58-56-54-52-50-48-46-44-42-40-37-29-27-25-23-21-19-17-15-13-11-9-7-2/h9,11,15,17,21,23,27,29,40,42,64-65,69H,6-8,10,12-14,16,18-20,22,24-26,28,30-39,41,43-63H2,1-5H3,(H-,67,70,71,72)/b11-9-,17-15-,23-21-,29-27-,42-40-. The van der Waals surface area contributed by atoms with Crippen molar-refractivity contribution in [3.63, 3.8) is 0 Å². The number of aliphatic hydroxyl groups excluding tert-OH is 1. The molecule has 0 aromatic carbocycles. The number of amides is 1. The Balaban J connectivity index is 4.10. The zero-order valence-electron chi connectivity index (χ0n) is 50.3. The lowest BCUT2D eigenvalue weighted by molar-refractivity contribution is -0.870. The van der Waals surface area contributed by atoms with Gasteiger partial charge < -0.3 is 28.8 Å². The predicted octanol–water partition coefficient (Wildman–Crippen LogP) is 19.4. The molecule has 0 saturated carbocycles. The third-order valence-corrected chi connectivity index (χ3v) is 15.5. The molecule has 0 aliphatic heterocycles. The zero-order chi connectivity index (χ0) is 54.9. The Labute approximate surface area is 466 Å². The van der Waals surface area contributed by atoms with Crippen LogP contribution in [0.5, 0.6) is 0 Å². The third-order valence-electron chi connectivity index (χ3n) is 14.5.